The number of ether oxygens (including phenoxy) is 3. The first kappa shape index (κ1) is 18.4. The molecule has 0 aliphatic carbocycles. The molecule has 0 radical (unpaired) electrons. The Balaban J connectivity index is 1.98. The van der Waals surface area contributed by atoms with E-state index in [-0.39, 0.29) is 5.91 Å². The highest BCUT2D eigenvalue weighted by Gasteiger charge is 2.27. The number of carbonyl (C=O) groups is 1. The van der Waals surface area contributed by atoms with Gasteiger partial charge in [-0.05, 0) is 24.6 Å². The highest BCUT2D eigenvalue weighted by atomic mass is 16.5. The number of carbonyl (C=O) groups excluding carboxylic acids is 1. The summed E-state index contributed by atoms with van der Waals surface area (Å²) in [5.74, 6) is 1.69. The number of hydrogen-bond acceptors (Lipinski definition) is 4. The molecule has 1 aliphatic rings. The van der Waals surface area contributed by atoms with E-state index in [0.717, 1.165) is 18.7 Å². The van der Waals surface area contributed by atoms with E-state index in [1.165, 1.54) is 19.4 Å². The van der Waals surface area contributed by atoms with Gasteiger partial charge in [-0.2, -0.15) is 0 Å². The SMILES string of the molecule is CC[NH+]1CCC[C@@H]1CNC(=O)Cc1cc(OC)c(OC)c(OC)c1. The van der Waals surface area contributed by atoms with Gasteiger partial charge in [0, 0.05) is 12.8 Å². The summed E-state index contributed by atoms with van der Waals surface area (Å²) in [5, 5.41) is 3.07. The summed E-state index contributed by atoms with van der Waals surface area (Å²) in [5.41, 5.74) is 0.841. The summed E-state index contributed by atoms with van der Waals surface area (Å²) >= 11 is 0. The Bertz CT molecular complexity index is 537. The van der Waals surface area contributed by atoms with Crippen LogP contribution in [-0.2, 0) is 11.2 Å². The summed E-state index contributed by atoms with van der Waals surface area (Å²) in [6.07, 6.45) is 2.73. The lowest BCUT2D eigenvalue weighted by atomic mass is 10.1. The Labute approximate surface area is 144 Å². The van der Waals surface area contributed by atoms with Crippen LogP contribution in [0, 0.1) is 0 Å². The molecule has 24 heavy (non-hydrogen) atoms. The van der Waals surface area contributed by atoms with Crippen LogP contribution >= 0.6 is 0 Å². The van der Waals surface area contributed by atoms with Crippen molar-refractivity contribution in [3.63, 3.8) is 0 Å². The maximum Gasteiger partial charge on any atom is 0.224 e. The standard InChI is InChI=1S/C18H28N2O4/c1-5-20-8-6-7-14(20)12-19-17(21)11-13-9-15(22-2)18(24-4)16(10-13)23-3/h9-10,14H,5-8,11-12H2,1-4H3,(H,19,21)/p+1/t14-/m1/s1. The number of rotatable bonds is 8. The van der Waals surface area contributed by atoms with Crippen molar-refractivity contribution in [2.24, 2.45) is 0 Å². The van der Waals surface area contributed by atoms with Crippen molar-refractivity contribution in [1.82, 2.24) is 5.32 Å². The van der Waals surface area contributed by atoms with Crippen LogP contribution in [0.1, 0.15) is 25.3 Å². The lowest BCUT2D eigenvalue weighted by Gasteiger charge is -2.20. The average Bonchev–Trinajstić information content (AvgIpc) is 3.06. The van der Waals surface area contributed by atoms with E-state index in [9.17, 15) is 4.79 Å². The number of likely N-dealkylation sites (tertiary alicyclic amines) is 1. The van der Waals surface area contributed by atoms with E-state index < -0.39 is 0 Å². The molecule has 1 fully saturated rings. The molecule has 6 heteroatoms. The van der Waals surface area contributed by atoms with Crippen LogP contribution in [0.4, 0.5) is 0 Å². The quantitative estimate of drug-likeness (QED) is 0.723. The second-order valence-electron chi connectivity index (χ2n) is 6.12. The predicted octanol–water partition coefficient (Wildman–Crippen LogP) is 0.438. The smallest absolute Gasteiger partial charge is 0.224 e. The highest BCUT2D eigenvalue weighted by Crippen LogP contribution is 2.38. The van der Waals surface area contributed by atoms with Crippen molar-refractivity contribution in [3.05, 3.63) is 17.7 Å². The highest BCUT2D eigenvalue weighted by molar-refractivity contribution is 5.79. The Morgan fingerprint density at radius 2 is 1.88 bits per heavy atom. The number of benzene rings is 1. The normalized spacial score (nSPS) is 19.8. The minimum atomic E-state index is 0.0200. The molecule has 2 atom stereocenters. The minimum absolute atomic E-state index is 0.0200. The van der Waals surface area contributed by atoms with Crippen LogP contribution in [0.2, 0.25) is 0 Å². The molecule has 1 unspecified atom stereocenters. The zero-order valence-corrected chi connectivity index (χ0v) is 15.1. The van der Waals surface area contributed by atoms with Crippen LogP contribution in [-0.4, -0.2) is 52.9 Å². The fraction of sp³-hybridized carbons (Fsp3) is 0.611. The predicted molar refractivity (Wildman–Crippen MR) is 92.2 cm³/mol. The van der Waals surface area contributed by atoms with Crippen LogP contribution in [0.3, 0.4) is 0 Å². The van der Waals surface area contributed by atoms with Crippen molar-refractivity contribution >= 4 is 5.91 Å². The molecular formula is C18H29N2O4+. The third kappa shape index (κ3) is 4.32. The molecule has 134 valence electrons. The molecule has 1 aliphatic heterocycles. The third-order valence-electron chi connectivity index (χ3n) is 4.72. The van der Waals surface area contributed by atoms with Crippen LogP contribution in [0.5, 0.6) is 17.2 Å². The van der Waals surface area contributed by atoms with Gasteiger partial charge in [0.1, 0.15) is 6.04 Å². The number of likely N-dealkylation sites (N-methyl/N-ethyl adjacent to an activating group) is 1. The Morgan fingerprint density at radius 1 is 1.21 bits per heavy atom. The summed E-state index contributed by atoms with van der Waals surface area (Å²) in [6, 6.07) is 4.18. The maximum atomic E-state index is 12.3. The minimum Gasteiger partial charge on any atom is -0.493 e. The number of methoxy groups -OCH3 is 3. The molecule has 2 rings (SSSR count). The first-order chi connectivity index (χ1) is 11.6. The number of quaternary nitrogens is 1. The fourth-order valence-electron chi connectivity index (χ4n) is 3.42. The van der Waals surface area contributed by atoms with Gasteiger partial charge >= 0.3 is 0 Å². The summed E-state index contributed by atoms with van der Waals surface area (Å²) < 4.78 is 16.0. The van der Waals surface area contributed by atoms with Gasteiger partial charge in [0.25, 0.3) is 0 Å². The lowest BCUT2D eigenvalue weighted by molar-refractivity contribution is -0.909. The van der Waals surface area contributed by atoms with E-state index in [1.54, 1.807) is 26.2 Å². The van der Waals surface area contributed by atoms with Crippen LogP contribution < -0.4 is 24.4 Å². The van der Waals surface area contributed by atoms with Crippen LogP contribution in [0.15, 0.2) is 12.1 Å². The summed E-state index contributed by atoms with van der Waals surface area (Å²) in [4.78, 5) is 13.9. The molecular weight excluding hydrogens is 308 g/mol. The Kier molecular flexibility index (Phi) is 6.73. The summed E-state index contributed by atoms with van der Waals surface area (Å²) in [7, 11) is 4.71. The molecule has 0 spiro atoms. The molecule has 1 aromatic rings. The van der Waals surface area contributed by atoms with Gasteiger partial charge in [0.2, 0.25) is 11.7 Å². The van der Waals surface area contributed by atoms with Gasteiger partial charge in [-0.1, -0.05) is 0 Å². The number of hydrogen-bond donors (Lipinski definition) is 2. The van der Waals surface area contributed by atoms with Crippen LogP contribution in [0.25, 0.3) is 0 Å². The van der Waals surface area contributed by atoms with Gasteiger partial charge in [0.05, 0.1) is 47.4 Å². The molecule has 1 aromatic carbocycles. The topological polar surface area (TPSA) is 61.2 Å². The van der Waals surface area contributed by atoms with E-state index in [2.05, 4.69) is 12.2 Å². The van der Waals surface area contributed by atoms with E-state index in [4.69, 9.17) is 14.2 Å². The van der Waals surface area contributed by atoms with Crippen molar-refractivity contribution in [2.75, 3.05) is 41.0 Å². The van der Waals surface area contributed by atoms with Crippen molar-refractivity contribution in [3.8, 4) is 17.2 Å². The summed E-state index contributed by atoms with van der Waals surface area (Å²) in [6.45, 7) is 5.27. The fourth-order valence-corrected chi connectivity index (χ4v) is 3.42. The molecule has 1 saturated heterocycles. The second-order valence-corrected chi connectivity index (χ2v) is 6.12. The molecule has 0 bridgehead atoms. The van der Waals surface area contributed by atoms with E-state index in [1.807, 2.05) is 12.1 Å². The second kappa shape index (κ2) is 8.78. The molecule has 2 N–H and O–H groups in total. The molecule has 0 saturated carbocycles. The molecule has 1 heterocycles. The zero-order valence-electron chi connectivity index (χ0n) is 15.1. The zero-order chi connectivity index (χ0) is 17.5. The monoisotopic (exact) mass is 337 g/mol. The van der Waals surface area contributed by atoms with E-state index >= 15 is 0 Å². The largest absolute Gasteiger partial charge is 0.493 e. The number of nitrogens with one attached hydrogen (secondary N) is 2. The first-order valence-corrected chi connectivity index (χ1v) is 8.53. The Morgan fingerprint density at radius 3 is 2.42 bits per heavy atom. The maximum absolute atomic E-state index is 12.3. The molecule has 1 amide bonds. The van der Waals surface area contributed by atoms with Crippen molar-refractivity contribution < 1.29 is 23.9 Å². The molecule has 0 aromatic heterocycles. The third-order valence-corrected chi connectivity index (χ3v) is 4.72. The van der Waals surface area contributed by atoms with Gasteiger partial charge in [0.15, 0.2) is 11.5 Å². The first-order valence-electron chi connectivity index (χ1n) is 8.53. The van der Waals surface area contributed by atoms with Gasteiger partial charge in [-0.25, -0.2) is 0 Å². The average molecular weight is 337 g/mol. The Hall–Kier alpha value is -1.95. The van der Waals surface area contributed by atoms with Crippen molar-refractivity contribution in [1.29, 1.82) is 0 Å². The van der Waals surface area contributed by atoms with E-state index in [0.29, 0.717) is 29.7 Å². The molecule has 6 nitrogen and oxygen atoms in total. The van der Waals surface area contributed by atoms with Gasteiger partial charge < -0.3 is 24.4 Å². The lowest BCUT2D eigenvalue weighted by Crippen LogP contribution is -3.14. The van der Waals surface area contributed by atoms with Gasteiger partial charge in [-0.15, -0.1) is 0 Å². The number of amides is 1. The van der Waals surface area contributed by atoms with Gasteiger partial charge in [-0.3, -0.25) is 4.79 Å². The van der Waals surface area contributed by atoms with Crippen molar-refractivity contribution in [2.45, 2.75) is 32.2 Å².